The van der Waals surface area contributed by atoms with E-state index in [1.807, 2.05) is 42.5 Å². The molecule has 0 radical (unpaired) electrons. The van der Waals surface area contributed by atoms with Crippen molar-refractivity contribution in [3.63, 3.8) is 0 Å². The number of nitrogens with zero attached hydrogens (tertiary/aromatic N) is 1. The Bertz CT molecular complexity index is 709. The van der Waals surface area contributed by atoms with E-state index in [0.29, 0.717) is 16.8 Å². The van der Waals surface area contributed by atoms with E-state index in [4.69, 9.17) is 16.8 Å². The van der Waals surface area contributed by atoms with Crippen LogP contribution >= 0.6 is 0 Å². The molecule has 5 heteroatoms. The van der Waals surface area contributed by atoms with Crippen LogP contribution in [0.1, 0.15) is 15.9 Å². The molecular formula is C16H14N4O. The van der Waals surface area contributed by atoms with Crippen molar-refractivity contribution >= 4 is 12.0 Å². The summed E-state index contributed by atoms with van der Waals surface area (Å²) in [6.07, 6.45) is 0.807. The number of aldehydes is 1. The fraction of sp³-hybridized carbons (Fsp3) is 0. The Morgan fingerprint density at radius 3 is 2.00 bits per heavy atom. The van der Waals surface area contributed by atoms with Gasteiger partial charge in [-0.05, 0) is 11.1 Å². The van der Waals surface area contributed by atoms with Crippen LogP contribution in [0.15, 0.2) is 54.2 Å². The Kier molecular flexibility index (Phi) is 4.34. The van der Waals surface area contributed by atoms with Gasteiger partial charge in [-0.15, -0.1) is 0 Å². The SMILES string of the molecule is N#C/C(NN)=C(/N)c1ccc(-c2ccc(C=O)cc2)cc1. The summed E-state index contributed by atoms with van der Waals surface area (Å²) in [5.74, 6) is 5.23. The van der Waals surface area contributed by atoms with Gasteiger partial charge in [0.05, 0.1) is 5.70 Å². The maximum atomic E-state index is 10.6. The molecule has 0 fully saturated rings. The number of hydrazine groups is 1. The number of hydrogen-bond acceptors (Lipinski definition) is 5. The maximum Gasteiger partial charge on any atom is 0.151 e. The number of nitrogens with two attached hydrogens (primary N) is 2. The smallest absolute Gasteiger partial charge is 0.151 e. The molecule has 104 valence electrons. The van der Waals surface area contributed by atoms with Crippen molar-refractivity contribution in [2.24, 2.45) is 11.6 Å². The Balaban J connectivity index is 2.32. The largest absolute Gasteiger partial charge is 0.396 e. The monoisotopic (exact) mass is 278 g/mol. The van der Waals surface area contributed by atoms with Gasteiger partial charge >= 0.3 is 0 Å². The zero-order valence-corrected chi connectivity index (χ0v) is 11.2. The molecule has 0 aromatic heterocycles. The highest BCUT2D eigenvalue weighted by molar-refractivity contribution is 5.77. The van der Waals surface area contributed by atoms with Crippen LogP contribution in [-0.2, 0) is 0 Å². The molecule has 0 spiro atoms. The van der Waals surface area contributed by atoms with Crippen LogP contribution in [0.25, 0.3) is 16.8 Å². The van der Waals surface area contributed by atoms with Crippen LogP contribution in [0.4, 0.5) is 0 Å². The van der Waals surface area contributed by atoms with Gasteiger partial charge in [-0.3, -0.25) is 4.79 Å². The second kappa shape index (κ2) is 6.37. The highest BCUT2D eigenvalue weighted by atomic mass is 16.1. The molecule has 0 aliphatic carbocycles. The molecule has 0 saturated carbocycles. The Morgan fingerprint density at radius 1 is 1.05 bits per heavy atom. The standard InChI is InChI=1S/C16H14N4O/c17-9-15(20-19)16(18)14-7-5-13(6-8-14)12-3-1-11(10-21)2-4-12/h1-8,10,20H,18-19H2/b16-15-. The minimum absolute atomic E-state index is 0.123. The summed E-state index contributed by atoms with van der Waals surface area (Å²) in [5, 5.41) is 8.88. The average Bonchev–Trinajstić information content (AvgIpc) is 2.56. The fourth-order valence-electron chi connectivity index (χ4n) is 1.91. The van der Waals surface area contributed by atoms with Crippen LogP contribution in [0.2, 0.25) is 0 Å². The summed E-state index contributed by atoms with van der Waals surface area (Å²) >= 11 is 0. The molecule has 0 bridgehead atoms. The van der Waals surface area contributed by atoms with E-state index < -0.39 is 0 Å². The van der Waals surface area contributed by atoms with Crippen LogP contribution in [-0.4, -0.2) is 6.29 Å². The minimum atomic E-state index is 0.123. The van der Waals surface area contributed by atoms with Gasteiger partial charge in [0.15, 0.2) is 5.70 Å². The predicted molar refractivity (Wildman–Crippen MR) is 81.3 cm³/mol. The lowest BCUT2D eigenvalue weighted by Gasteiger charge is -2.07. The van der Waals surface area contributed by atoms with Crippen molar-refractivity contribution in [2.45, 2.75) is 0 Å². The minimum Gasteiger partial charge on any atom is -0.396 e. The quantitative estimate of drug-likeness (QED) is 0.342. The first kappa shape index (κ1) is 14.3. The maximum absolute atomic E-state index is 10.6. The highest BCUT2D eigenvalue weighted by Crippen LogP contribution is 2.22. The Morgan fingerprint density at radius 2 is 1.57 bits per heavy atom. The molecule has 5 nitrogen and oxygen atoms in total. The number of benzene rings is 2. The topological polar surface area (TPSA) is 105 Å². The summed E-state index contributed by atoms with van der Waals surface area (Å²) in [4.78, 5) is 10.6. The first-order valence-electron chi connectivity index (χ1n) is 6.22. The van der Waals surface area contributed by atoms with E-state index in [2.05, 4.69) is 5.43 Å². The first-order valence-corrected chi connectivity index (χ1v) is 6.22. The van der Waals surface area contributed by atoms with E-state index >= 15 is 0 Å². The number of hydrogen-bond donors (Lipinski definition) is 3. The molecule has 2 rings (SSSR count). The van der Waals surface area contributed by atoms with Crippen molar-refractivity contribution in [3.05, 3.63) is 65.4 Å². The molecule has 5 N–H and O–H groups in total. The fourth-order valence-corrected chi connectivity index (χ4v) is 1.91. The van der Waals surface area contributed by atoms with Crippen LogP contribution < -0.4 is 17.0 Å². The van der Waals surface area contributed by atoms with Gasteiger partial charge in [0, 0.05) is 11.1 Å². The summed E-state index contributed by atoms with van der Waals surface area (Å²) in [5.41, 5.74) is 11.9. The lowest BCUT2D eigenvalue weighted by atomic mass is 10.0. The zero-order chi connectivity index (χ0) is 15.2. The van der Waals surface area contributed by atoms with Crippen LogP contribution in [0, 0.1) is 11.3 Å². The number of allylic oxidation sites excluding steroid dienone is 1. The van der Waals surface area contributed by atoms with Crippen molar-refractivity contribution in [1.29, 1.82) is 5.26 Å². The number of carbonyl (C=O) groups excluding carboxylic acids is 1. The van der Waals surface area contributed by atoms with Crippen LogP contribution in [0.5, 0.6) is 0 Å². The van der Waals surface area contributed by atoms with E-state index in [1.54, 1.807) is 12.1 Å². The van der Waals surface area contributed by atoms with Gasteiger partial charge < -0.3 is 11.2 Å². The van der Waals surface area contributed by atoms with Gasteiger partial charge in [0.25, 0.3) is 0 Å². The molecule has 0 atom stereocenters. The molecule has 0 saturated heterocycles. The summed E-state index contributed by atoms with van der Waals surface area (Å²) < 4.78 is 0. The van der Waals surface area contributed by atoms with Crippen molar-refractivity contribution in [2.75, 3.05) is 0 Å². The summed E-state index contributed by atoms with van der Waals surface area (Å²) in [6.45, 7) is 0. The molecule has 0 unspecified atom stereocenters. The zero-order valence-electron chi connectivity index (χ0n) is 11.2. The third-order valence-corrected chi connectivity index (χ3v) is 3.10. The number of nitriles is 1. The summed E-state index contributed by atoms with van der Waals surface area (Å²) in [7, 11) is 0. The number of rotatable bonds is 4. The molecule has 2 aromatic rings. The van der Waals surface area contributed by atoms with Gasteiger partial charge in [-0.1, -0.05) is 48.5 Å². The van der Waals surface area contributed by atoms with E-state index in [1.165, 1.54) is 0 Å². The van der Waals surface area contributed by atoms with E-state index in [0.717, 1.165) is 17.4 Å². The Labute approximate surface area is 122 Å². The third kappa shape index (κ3) is 3.08. The van der Waals surface area contributed by atoms with Gasteiger partial charge in [0.1, 0.15) is 12.4 Å². The highest BCUT2D eigenvalue weighted by Gasteiger charge is 2.05. The molecule has 21 heavy (non-hydrogen) atoms. The van der Waals surface area contributed by atoms with Gasteiger partial charge in [0.2, 0.25) is 0 Å². The molecule has 0 aliphatic heterocycles. The molecular weight excluding hydrogens is 264 g/mol. The van der Waals surface area contributed by atoms with E-state index in [-0.39, 0.29) is 5.70 Å². The second-order valence-electron chi connectivity index (χ2n) is 4.36. The van der Waals surface area contributed by atoms with E-state index in [9.17, 15) is 4.79 Å². The lowest BCUT2D eigenvalue weighted by Crippen LogP contribution is -2.23. The van der Waals surface area contributed by atoms with Gasteiger partial charge in [-0.2, -0.15) is 5.26 Å². The van der Waals surface area contributed by atoms with Gasteiger partial charge in [-0.25, -0.2) is 5.84 Å². The molecule has 0 amide bonds. The number of carbonyl (C=O) groups is 1. The molecule has 2 aromatic carbocycles. The van der Waals surface area contributed by atoms with Crippen LogP contribution in [0.3, 0.4) is 0 Å². The predicted octanol–water partition coefficient (Wildman–Crippen LogP) is 1.78. The Hall–Kier alpha value is -3.10. The lowest BCUT2D eigenvalue weighted by molar-refractivity contribution is 0.112. The van der Waals surface area contributed by atoms with Crippen molar-refractivity contribution < 1.29 is 4.79 Å². The van der Waals surface area contributed by atoms with Crippen molar-refractivity contribution in [3.8, 4) is 17.2 Å². The average molecular weight is 278 g/mol. The first-order chi connectivity index (χ1) is 10.2. The summed E-state index contributed by atoms with van der Waals surface area (Å²) in [6, 6.07) is 16.6. The second-order valence-corrected chi connectivity index (χ2v) is 4.36. The van der Waals surface area contributed by atoms with Crippen molar-refractivity contribution in [1.82, 2.24) is 5.43 Å². The normalized spacial score (nSPS) is 11.2. The molecule has 0 aliphatic rings. The molecule has 0 heterocycles. The third-order valence-electron chi connectivity index (χ3n) is 3.10. The number of nitrogens with one attached hydrogen (secondary N) is 1.